The van der Waals surface area contributed by atoms with Gasteiger partial charge in [0.1, 0.15) is 5.69 Å². The summed E-state index contributed by atoms with van der Waals surface area (Å²) >= 11 is 6.14. The maximum absolute atomic E-state index is 12.6. The molecule has 0 spiro atoms. The number of halogens is 1. The van der Waals surface area contributed by atoms with Crippen LogP contribution in [0.4, 0.5) is 22.7 Å². The highest BCUT2D eigenvalue weighted by Gasteiger charge is 2.29. The molecule has 2 amide bonds. The number of nitro benzene ring substituents is 1. The maximum Gasteiger partial charge on any atom is 0.293 e. The zero-order chi connectivity index (χ0) is 23.4. The number of carbonyl (C=O) groups is 2. The van der Waals surface area contributed by atoms with Gasteiger partial charge in [0.2, 0.25) is 5.91 Å². The third kappa shape index (κ3) is 5.67. The van der Waals surface area contributed by atoms with Crippen LogP contribution in [0.2, 0.25) is 5.02 Å². The molecule has 3 N–H and O–H groups in total. The molecule has 0 unspecified atom stereocenters. The number of rotatable bonds is 8. The van der Waals surface area contributed by atoms with Crippen molar-refractivity contribution < 1.29 is 14.5 Å². The van der Waals surface area contributed by atoms with E-state index in [1.807, 2.05) is 12.1 Å². The molecule has 0 aliphatic heterocycles. The van der Waals surface area contributed by atoms with Gasteiger partial charge < -0.3 is 16.0 Å². The first kappa shape index (κ1) is 22.3. The van der Waals surface area contributed by atoms with Crippen molar-refractivity contribution in [1.82, 2.24) is 0 Å². The fraction of sp³-hybridized carbons (Fsp3) is 0.167. The molecule has 0 aromatic heterocycles. The Balaban J connectivity index is 1.43. The van der Waals surface area contributed by atoms with Gasteiger partial charge in [0.05, 0.1) is 4.92 Å². The number of amides is 2. The van der Waals surface area contributed by atoms with Gasteiger partial charge in [-0.2, -0.15) is 0 Å². The second-order valence-corrected chi connectivity index (χ2v) is 8.14. The lowest BCUT2D eigenvalue weighted by Crippen LogP contribution is -2.14. The summed E-state index contributed by atoms with van der Waals surface area (Å²) in [5.41, 5.74) is 2.17. The zero-order valence-corrected chi connectivity index (χ0v) is 18.3. The van der Waals surface area contributed by atoms with Crippen LogP contribution in [0.5, 0.6) is 0 Å². The maximum atomic E-state index is 12.6. The summed E-state index contributed by atoms with van der Waals surface area (Å²) in [5, 5.41) is 20.7. The molecule has 8 nitrogen and oxygen atoms in total. The van der Waals surface area contributed by atoms with E-state index in [2.05, 4.69) is 16.0 Å². The van der Waals surface area contributed by atoms with Crippen molar-refractivity contribution in [2.75, 3.05) is 16.0 Å². The molecule has 3 aromatic carbocycles. The summed E-state index contributed by atoms with van der Waals surface area (Å²) < 4.78 is 0. The van der Waals surface area contributed by atoms with Crippen LogP contribution in [-0.2, 0) is 11.3 Å². The third-order valence-corrected chi connectivity index (χ3v) is 5.61. The number of anilines is 3. The van der Waals surface area contributed by atoms with Crippen LogP contribution in [0.1, 0.15) is 28.8 Å². The molecule has 0 atom stereocenters. The summed E-state index contributed by atoms with van der Waals surface area (Å²) in [6.45, 7) is 0.301. The fourth-order valence-electron chi connectivity index (χ4n) is 3.24. The molecule has 1 fully saturated rings. The van der Waals surface area contributed by atoms with Crippen molar-refractivity contribution in [3.63, 3.8) is 0 Å². The number of hydrogen-bond donors (Lipinski definition) is 3. The second kappa shape index (κ2) is 9.70. The summed E-state index contributed by atoms with van der Waals surface area (Å²) in [7, 11) is 0. The van der Waals surface area contributed by atoms with Gasteiger partial charge >= 0.3 is 0 Å². The largest absolute Gasteiger partial charge is 0.375 e. The molecule has 1 saturated carbocycles. The van der Waals surface area contributed by atoms with Crippen LogP contribution >= 0.6 is 11.6 Å². The molecule has 3 aromatic rings. The minimum atomic E-state index is -0.539. The molecule has 0 saturated heterocycles. The number of nitrogens with zero attached hydrogens (tertiary/aromatic N) is 1. The van der Waals surface area contributed by atoms with E-state index in [4.69, 9.17) is 11.6 Å². The number of hydrogen-bond acceptors (Lipinski definition) is 5. The van der Waals surface area contributed by atoms with Gasteiger partial charge in [0, 0.05) is 40.5 Å². The van der Waals surface area contributed by atoms with Crippen LogP contribution in [0.25, 0.3) is 0 Å². The van der Waals surface area contributed by atoms with Crippen LogP contribution in [0, 0.1) is 16.0 Å². The standard InChI is InChI=1S/C24H21ClN4O4/c25-20-4-2-1-3-17(20)14-26-21-12-7-16(13-22(21)29(32)33)24(31)28-19-10-8-18(9-11-19)27-23(30)15-5-6-15/h1-4,7-13,15,26H,5-6,14H2,(H,27,30)(H,28,31). The van der Waals surface area contributed by atoms with Gasteiger partial charge in [-0.1, -0.05) is 29.8 Å². The average molecular weight is 465 g/mol. The first-order chi connectivity index (χ1) is 15.9. The fourth-order valence-corrected chi connectivity index (χ4v) is 3.44. The van der Waals surface area contributed by atoms with E-state index in [0.717, 1.165) is 18.4 Å². The first-order valence-electron chi connectivity index (χ1n) is 10.4. The molecule has 0 heterocycles. The van der Waals surface area contributed by atoms with Crippen LogP contribution in [-0.4, -0.2) is 16.7 Å². The van der Waals surface area contributed by atoms with Crippen LogP contribution in [0.3, 0.4) is 0 Å². The van der Waals surface area contributed by atoms with E-state index in [9.17, 15) is 19.7 Å². The normalized spacial score (nSPS) is 12.6. The van der Waals surface area contributed by atoms with Crippen molar-refractivity contribution in [2.45, 2.75) is 19.4 Å². The molecular weight excluding hydrogens is 444 g/mol. The quantitative estimate of drug-likeness (QED) is 0.302. The van der Waals surface area contributed by atoms with Crippen LogP contribution < -0.4 is 16.0 Å². The molecule has 33 heavy (non-hydrogen) atoms. The Hall–Kier alpha value is -3.91. The highest BCUT2D eigenvalue weighted by atomic mass is 35.5. The van der Waals surface area contributed by atoms with E-state index in [1.165, 1.54) is 18.2 Å². The van der Waals surface area contributed by atoms with E-state index >= 15 is 0 Å². The summed E-state index contributed by atoms with van der Waals surface area (Å²) in [6.07, 6.45) is 1.83. The lowest BCUT2D eigenvalue weighted by atomic mass is 10.1. The van der Waals surface area contributed by atoms with E-state index in [-0.39, 0.29) is 28.8 Å². The average Bonchev–Trinajstić information content (AvgIpc) is 3.65. The first-order valence-corrected chi connectivity index (χ1v) is 10.8. The topological polar surface area (TPSA) is 113 Å². The van der Waals surface area contributed by atoms with Gasteiger partial charge in [0.25, 0.3) is 11.6 Å². The Morgan fingerprint density at radius 3 is 2.27 bits per heavy atom. The Bertz CT molecular complexity index is 1210. The van der Waals surface area contributed by atoms with E-state index in [1.54, 1.807) is 36.4 Å². The highest BCUT2D eigenvalue weighted by Crippen LogP contribution is 2.30. The predicted molar refractivity (Wildman–Crippen MR) is 128 cm³/mol. The monoisotopic (exact) mass is 464 g/mol. The van der Waals surface area contributed by atoms with E-state index in [0.29, 0.717) is 22.9 Å². The minimum absolute atomic E-state index is 0.00216. The molecule has 1 aliphatic carbocycles. The van der Waals surface area contributed by atoms with Crippen molar-refractivity contribution in [1.29, 1.82) is 0 Å². The van der Waals surface area contributed by atoms with Gasteiger partial charge in [-0.05, 0) is 60.9 Å². The smallest absolute Gasteiger partial charge is 0.293 e. The Labute approximate surface area is 195 Å². The predicted octanol–water partition coefficient (Wildman–Crippen LogP) is 5.46. The minimum Gasteiger partial charge on any atom is -0.375 e. The number of nitrogens with one attached hydrogen (secondary N) is 3. The molecule has 0 bridgehead atoms. The van der Waals surface area contributed by atoms with Crippen molar-refractivity contribution >= 4 is 46.2 Å². The molecule has 4 rings (SSSR count). The lowest BCUT2D eigenvalue weighted by molar-refractivity contribution is -0.384. The lowest BCUT2D eigenvalue weighted by Gasteiger charge is -2.11. The Morgan fingerprint density at radius 2 is 1.64 bits per heavy atom. The number of benzene rings is 3. The third-order valence-electron chi connectivity index (χ3n) is 5.24. The van der Waals surface area contributed by atoms with Crippen LogP contribution in [0.15, 0.2) is 66.7 Å². The molecule has 168 valence electrons. The van der Waals surface area contributed by atoms with Gasteiger partial charge in [-0.3, -0.25) is 19.7 Å². The Morgan fingerprint density at radius 1 is 0.970 bits per heavy atom. The van der Waals surface area contributed by atoms with Gasteiger partial charge in [-0.25, -0.2) is 0 Å². The SMILES string of the molecule is O=C(Nc1ccc(NC(=O)C2CC2)cc1)c1ccc(NCc2ccccc2Cl)c([N+](=O)[O-])c1. The number of carbonyl (C=O) groups excluding carboxylic acids is 2. The van der Waals surface area contributed by atoms with Crippen molar-refractivity contribution in [3.8, 4) is 0 Å². The van der Waals surface area contributed by atoms with Crippen molar-refractivity contribution in [2.24, 2.45) is 5.92 Å². The van der Waals surface area contributed by atoms with E-state index < -0.39 is 10.8 Å². The highest BCUT2D eigenvalue weighted by molar-refractivity contribution is 6.31. The van der Waals surface area contributed by atoms with Crippen molar-refractivity contribution in [3.05, 3.63) is 93.0 Å². The van der Waals surface area contributed by atoms with Gasteiger partial charge in [-0.15, -0.1) is 0 Å². The second-order valence-electron chi connectivity index (χ2n) is 7.73. The summed E-state index contributed by atoms with van der Waals surface area (Å²) in [5.74, 6) is -0.379. The molecular formula is C24H21ClN4O4. The molecule has 9 heteroatoms. The zero-order valence-electron chi connectivity index (χ0n) is 17.5. The summed E-state index contributed by atoms with van der Waals surface area (Å²) in [6, 6.07) is 18.2. The summed E-state index contributed by atoms with van der Waals surface area (Å²) in [4.78, 5) is 35.5. The molecule has 0 radical (unpaired) electrons. The molecule has 1 aliphatic rings. The Kier molecular flexibility index (Phi) is 6.55. The van der Waals surface area contributed by atoms with Gasteiger partial charge in [0.15, 0.2) is 0 Å². The number of nitro groups is 1.